The molecule has 4 nitrogen and oxygen atoms in total. The molecule has 4 rings (SSSR count). The second-order valence-electron chi connectivity index (χ2n) is 8.20. The lowest BCUT2D eigenvalue weighted by molar-refractivity contribution is -0.229. The topological polar surface area (TPSA) is 49.8 Å². The van der Waals surface area contributed by atoms with E-state index in [0.29, 0.717) is 23.7 Å². The predicted molar refractivity (Wildman–Crippen MR) is 83.2 cm³/mol. The molecule has 2 saturated heterocycles. The summed E-state index contributed by atoms with van der Waals surface area (Å²) in [6.07, 6.45) is 6.65. The van der Waals surface area contributed by atoms with Gasteiger partial charge in [-0.25, -0.2) is 0 Å². The quantitative estimate of drug-likeness (QED) is 0.755. The Labute approximate surface area is 133 Å². The number of hydrogen-bond donors (Lipinski definition) is 1. The first kappa shape index (κ1) is 14.9. The Morgan fingerprint density at radius 1 is 1.23 bits per heavy atom. The summed E-state index contributed by atoms with van der Waals surface area (Å²) in [5, 5.41) is 10.8. The van der Waals surface area contributed by atoms with Gasteiger partial charge in [-0.05, 0) is 69.4 Å². The van der Waals surface area contributed by atoms with Crippen molar-refractivity contribution in [3.05, 3.63) is 0 Å². The molecule has 1 spiro atoms. The standard InChI is InChI=1S/C18H29NO3/c1-11-10-18-14-5-3-7-19(18)8-4-6-15(18)16(22-12(2)20)9-13(14)17(11)21/h11,13-17,21H,3-10H2,1-2H3/t11?,13?,14?,15?,16-,17?,18?/m1/s1. The third kappa shape index (κ3) is 1.92. The Kier molecular flexibility index (Phi) is 3.53. The number of carbonyl (C=O) groups excluding carboxylic acids is 1. The number of carbonyl (C=O) groups is 1. The molecule has 2 aliphatic heterocycles. The fourth-order valence-corrected chi connectivity index (χ4v) is 6.68. The molecule has 4 heteroatoms. The summed E-state index contributed by atoms with van der Waals surface area (Å²) in [5.41, 5.74) is 0.193. The molecule has 0 aromatic carbocycles. The van der Waals surface area contributed by atoms with Crippen molar-refractivity contribution in [2.24, 2.45) is 23.7 Å². The van der Waals surface area contributed by atoms with Gasteiger partial charge in [0, 0.05) is 18.4 Å². The second-order valence-corrected chi connectivity index (χ2v) is 8.20. The van der Waals surface area contributed by atoms with E-state index in [9.17, 15) is 9.90 Å². The minimum atomic E-state index is -0.225. The zero-order valence-corrected chi connectivity index (χ0v) is 13.8. The molecule has 124 valence electrons. The van der Waals surface area contributed by atoms with Gasteiger partial charge in [-0.1, -0.05) is 6.92 Å². The third-order valence-corrected chi connectivity index (χ3v) is 7.22. The van der Waals surface area contributed by atoms with Crippen molar-refractivity contribution in [3.63, 3.8) is 0 Å². The first-order chi connectivity index (χ1) is 10.5. The lowest BCUT2D eigenvalue weighted by Gasteiger charge is -2.68. The molecule has 7 atom stereocenters. The summed E-state index contributed by atoms with van der Waals surface area (Å²) in [5.74, 6) is 1.59. The van der Waals surface area contributed by atoms with Crippen LogP contribution in [0.25, 0.3) is 0 Å². The number of hydrogen-bond acceptors (Lipinski definition) is 4. The van der Waals surface area contributed by atoms with Crippen molar-refractivity contribution < 1.29 is 14.6 Å². The molecule has 4 fully saturated rings. The van der Waals surface area contributed by atoms with E-state index in [1.54, 1.807) is 0 Å². The van der Waals surface area contributed by atoms with Crippen molar-refractivity contribution in [1.82, 2.24) is 4.90 Å². The van der Waals surface area contributed by atoms with E-state index in [-0.39, 0.29) is 23.7 Å². The number of piperidine rings is 2. The normalized spacial score (nSPS) is 51.0. The molecule has 2 saturated carbocycles. The minimum absolute atomic E-state index is 0.0156. The molecule has 4 aliphatic rings. The Hall–Kier alpha value is -0.610. The maximum atomic E-state index is 11.6. The lowest BCUT2D eigenvalue weighted by Crippen LogP contribution is -2.74. The zero-order valence-electron chi connectivity index (χ0n) is 13.8. The maximum Gasteiger partial charge on any atom is 0.302 e. The fraction of sp³-hybridized carbons (Fsp3) is 0.944. The molecular weight excluding hydrogens is 278 g/mol. The molecule has 0 aromatic rings. The van der Waals surface area contributed by atoms with Gasteiger partial charge in [-0.2, -0.15) is 0 Å². The van der Waals surface area contributed by atoms with Gasteiger partial charge < -0.3 is 9.84 Å². The van der Waals surface area contributed by atoms with Crippen LogP contribution in [0, 0.1) is 23.7 Å². The highest BCUT2D eigenvalue weighted by Crippen LogP contribution is 2.60. The van der Waals surface area contributed by atoms with Crippen LogP contribution in [0.4, 0.5) is 0 Å². The molecule has 2 heterocycles. The van der Waals surface area contributed by atoms with Gasteiger partial charge in [0.2, 0.25) is 0 Å². The van der Waals surface area contributed by atoms with Crippen LogP contribution in [0.2, 0.25) is 0 Å². The van der Waals surface area contributed by atoms with Crippen LogP contribution in [0.1, 0.15) is 52.4 Å². The molecule has 6 unspecified atom stereocenters. The molecule has 0 amide bonds. The van der Waals surface area contributed by atoms with E-state index in [1.165, 1.54) is 45.7 Å². The van der Waals surface area contributed by atoms with Gasteiger partial charge in [0.25, 0.3) is 0 Å². The van der Waals surface area contributed by atoms with Crippen molar-refractivity contribution in [1.29, 1.82) is 0 Å². The van der Waals surface area contributed by atoms with Crippen LogP contribution in [0.15, 0.2) is 0 Å². The molecule has 0 aromatic heterocycles. The maximum absolute atomic E-state index is 11.6. The highest BCUT2D eigenvalue weighted by Gasteiger charge is 2.65. The molecule has 2 bridgehead atoms. The molecule has 22 heavy (non-hydrogen) atoms. The zero-order chi connectivity index (χ0) is 15.5. The van der Waals surface area contributed by atoms with Crippen LogP contribution < -0.4 is 0 Å². The van der Waals surface area contributed by atoms with E-state index >= 15 is 0 Å². The number of nitrogens with zero attached hydrogens (tertiary/aromatic N) is 1. The average molecular weight is 307 g/mol. The van der Waals surface area contributed by atoms with Gasteiger partial charge in [0.1, 0.15) is 6.10 Å². The first-order valence-electron chi connectivity index (χ1n) is 9.14. The summed E-state index contributed by atoms with van der Waals surface area (Å²) < 4.78 is 5.76. The van der Waals surface area contributed by atoms with Gasteiger partial charge in [0.05, 0.1) is 6.10 Å². The smallest absolute Gasteiger partial charge is 0.302 e. The van der Waals surface area contributed by atoms with Crippen LogP contribution in [0.3, 0.4) is 0 Å². The largest absolute Gasteiger partial charge is 0.462 e. The number of rotatable bonds is 1. The van der Waals surface area contributed by atoms with Crippen molar-refractivity contribution in [2.45, 2.75) is 70.1 Å². The Balaban J connectivity index is 1.76. The van der Waals surface area contributed by atoms with Gasteiger partial charge in [-0.3, -0.25) is 9.69 Å². The minimum Gasteiger partial charge on any atom is -0.462 e. The molecule has 1 N–H and O–H groups in total. The second kappa shape index (κ2) is 5.20. The Bertz CT molecular complexity index is 465. The van der Waals surface area contributed by atoms with Gasteiger partial charge >= 0.3 is 5.97 Å². The van der Waals surface area contributed by atoms with Crippen molar-refractivity contribution in [3.8, 4) is 0 Å². The Morgan fingerprint density at radius 2 is 1.91 bits per heavy atom. The summed E-state index contributed by atoms with van der Waals surface area (Å²) in [7, 11) is 0. The lowest BCUT2D eigenvalue weighted by atomic mass is 9.47. The monoisotopic (exact) mass is 307 g/mol. The van der Waals surface area contributed by atoms with Gasteiger partial charge in [-0.15, -0.1) is 0 Å². The summed E-state index contributed by atoms with van der Waals surface area (Å²) in [6.45, 7) is 6.12. The van der Waals surface area contributed by atoms with Crippen LogP contribution in [-0.4, -0.2) is 46.8 Å². The summed E-state index contributed by atoms with van der Waals surface area (Å²) >= 11 is 0. The van der Waals surface area contributed by atoms with E-state index in [1.807, 2.05) is 0 Å². The Morgan fingerprint density at radius 3 is 2.59 bits per heavy atom. The number of esters is 1. The number of aliphatic hydroxyl groups is 1. The highest BCUT2D eigenvalue weighted by molar-refractivity contribution is 5.66. The average Bonchev–Trinajstić information content (AvgIpc) is 2.47. The SMILES string of the molecule is CC(=O)O[C@@H]1CC2C(O)C(C)CC34C2CCCN3CCCC14. The predicted octanol–water partition coefficient (Wildman–Crippen LogP) is 2.20. The van der Waals surface area contributed by atoms with E-state index in [0.717, 1.165) is 12.8 Å². The number of ether oxygens (including phenoxy) is 1. The molecule has 2 aliphatic carbocycles. The highest BCUT2D eigenvalue weighted by atomic mass is 16.5. The first-order valence-corrected chi connectivity index (χ1v) is 9.14. The molecular formula is C18H29NO3. The van der Waals surface area contributed by atoms with Crippen molar-refractivity contribution in [2.75, 3.05) is 13.1 Å². The fourth-order valence-electron chi connectivity index (χ4n) is 6.68. The van der Waals surface area contributed by atoms with Crippen LogP contribution in [0.5, 0.6) is 0 Å². The summed E-state index contributed by atoms with van der Waals surface area (Å²) in [4.78, 5) is 14.3. The van der Waals surface area contributed by atoms with Gasteiger partial charge in [0.15, 0.2) is 0 Å². The van der Waals surface area contributed by atoms with E-state index in [4.69, 9.17) is 4.74 Å². The van der Waals surface area contributed by atoms with Crippen LogP contribution >= 0.6 is 0 Å². The molecule has 0 radical (unpaired) electrons. The van der Waals surface area contributed by atoms with E-state index < -0.39 is 0 Å². The van der Waals surface area contributed by atoms with Crippen molar-refractivity contribution >= 4 is 5.97 Å². The third-order valence-electron chi connectivity index (χ3n) is 7.22. The number of aliphatic hydroxyl groups excluding tert-OH is 1. The van der Waals surface area contributed by atoms with Crippen LogP contribution in [-0.2, 0) is 9.53 Å². The summed E-state index contributed by atoms with van der Waals surface area (Å²) in [6, 6.07) is 0. The van der Waals surface area contributed by atoms with E-state index in [2.05, 4.69) is 11.8 Å².